The Hall–Kier alpha value is -1.87. The van der Waals surface area contributed by atoms with Gasteiger partial charge < -0.3 is 9.84 Å². The van der Waals surface area contributed by atoms with E-state index in [4.69, 9.17) is 4.74 Å². The maximum absolute atomic E-state index is 10.3. The van der Waals surface area contributed by atoms with Crippen molar-refractivity contribution >= 4 is 0 Å². The topological polar surface area (TPSA) is 42.4 Å². The Balaban J connectivity index is 2.33. The van der Waals surface area contributed by atoms with E-state index in [9.17, 15) is 5.11 Å². The second-order valence-electron chi connectivity index (χ2n) is 4.39. The molecule has 1 unspecified atom stereocenters. The number of aliphatic hydroxyl groups is 1. The fourth-order valence-corrected chi connectivity index (χ4v) is 1.88. The molecule has 0 aliphatic rings. The molecule has 18 heavy (non-hydrogen) atoms. The highest BCUT2D eigenvalue weighted by Crippen LogP contribution is 2.26. The predicted molar refractivity (Wildman–Crippen MR) is 70.8 cm³/mol. The first kappa shape index (κ1) is 12.6. The molecule has 1 aromatic heterocycles. The third-order valence-corrected chi connectivity index (χ3v) is 2.99. The first-order valence-electron chi connectivity index (χ1n) is 5.87. The lowest BCUT2D eigenvalue weighted by Crippen LogP contribution is -2.04. The van der Waals surface area contributed by atoms with Gasteiger partial charge in [-0.2, -0.15) is 0 Å². The van der Waals surface area contributed by atoms with Gasteiger partial charge in [0.2, 0.25) is 0 Å². The summed E-state index contributed by atoms with van der Waals surface area (Å²) in [5, 5.41) is 10.3. The Morgan fingerprint density at radius 2 is 1.94 bits per heavy atom. The van der Waals surface area contributed by atoms with Crippen LogP contribution in [0.5, 0.6) is 5.75 Å². The predicted octanol–water partition coefficient (Wildman–Crippen LogP) is 2.79. The van der Waals surface area contributed by atoms with Crippen LogP contribution in [0.3, 0.4) is 0 Å². The van der Waals surface area contributed by atoms with E-state index in [1.165, 1.54) is 0 Å². The molecule has 1 atom stereocenters. The molecule has 1 aromatic carbocycles. The van der Waals surface area contributed by atoms with E-state index in [2.05, 4.69) is 4.98 Å². The number of aliphatic hydroxyl groups excluding tert-OH is 1. The molecule has 0 fully saturated rings. The molecule has 0 saturated carbocycles. The van der Waals surface area contributed by atoms with Crippen molar-refractivity contribution in [1.29, 1.82) is 0 Å². The zero-order valence-corrected chi connectivity index (χ0v) is 10.8. The van der Waals surface area contributed by atoms with Crippen molar-refractivity contribution in [2.45, 2.75) is 20.0 Å². The van der Waals surface area contributed by atoms with Crippen LogP contribution in [-0.2, 0) is 0 Å². The van der Waals surface area contributed by atoms with Gasteiger partial charge in [0.1, 0.15) is 11.9 Å². The first-order chi connectivity index (χ1) is 8.61. The molecule has 2 rings (SSSR count). The number of benzene rings is 1. The van der Waals surface area contributed by atoms with Crippen LogP contribution in [0.4, 0.5) is 0 Å². The van der Waals surface area contributed by atoms with Crippen molar-refractivity contribution in [1.82, 2.24) is 4.98 Å². The number of aromatic nitrogens is 1. The molecule has 94 valence electrons. The Morgan fingerprint density at radius 1 is 1.17 bits per heavy atom. The molecular weight excluding hydrogens is 226 g/mol. The number of hydrogen-bond donors (Lipinski definition) is 1. The van der Waals surface area contributed by atoms with Gasteiger partial charge in [-0.3, -0.25) is 4.98 Å². The minimum absolute atomic E-state index is 0.661. The van der Waals surface area contributed by atoms with Gasteiger partial charge in [0.05, 0.1) is 12.8 Å². The average Bonchev–Trinajstić information content (AvgIpc) is 2.38. The lowest BCUT2D eigenvalue weighted by atomic mass is 10.0. The molecule has 0 radical (unpaired) electrons. The van der Waals surface area contributed by atoms with Crippen LogP contribution < -0.4 is 4.74 Å². The Bertz CT molecular complexity index is 535. The van der Waals surface area contributed by atoms with Crippen LogP contribution in [0, 0.1) is 13.8 Å². The molecule has 1 heterocycles. The number of nitrogens with zero attached hydrogens (tertiary/aromatic N) is 1. The molecule has 0 aliphatic carbocycles. The second kappa shape index (κ2) is 5.19. The van der Waals surface area contributed by atoms with E-state index >= 15 is 0 Å². The maximum Gasteiger partial charge on any atom is 0.121 e. The smallest absolute Gasteiger partial charge is 0.121 e. The summed E-state index contributed by atoms with van der Waals surface area (Å²) in [4.78, 5) is 4.26. The van der Waals surface area contributed by atoms with Crippen molar-refractivity contribution in [3.05, 3.63) is 58.9 Å². The fourth-order valence-electron chi connectivity index (χ4n) is 1.88. The highest BCUT2D eigenvalue weighted by molar-refractivity contribution is 5.38. The first-order valence-corrected chi connectivity index (χ1v) is 5.87. The number of ether oxygens (including phenoxy) is 1. The largest absolute Gasteiger partial charge is 0.497 e. The summed E-state index contributed by atoms with van der Waals surface area (Å²) in [5.41, 5.74) is 3.59. The molecule has 2 aromatic rings. The van der Waals surface area contributed by atoms with Gasteiger partial charge in [0, 0.05) is 6.20 Å². The lowest BCUT2D eigenvalue weighted by molar-refractivity contribution is 0.214. The van der Waals surface area contributed by atoms with Crippen LogP contribution in [0.15, 0.2) is 36.5 Å². The van der Waals surface area contributed by atoms with E-state index in [0.29, 0.717) is 5.69 Å². The molecule has 1 N–H and O–H groups in total. The number of hydrogen-bond acceptors (Lipinski definition) is 3. The Kier molecular flexibility index (Phi) is 3.63. The summed E-state index contributed by atoms with van der Waals surface area (Å²) in [6, 6.07) is 9.43. The van der Waals surface area contributed by atoms with Crippen molar-refractivity contribution in [2.24, 2.45) is 0 Å². The monoisotopic (exact) mass is 243 g/mol. The third kappa shape index (κ3) is 2.51. The van der Waals surface area contributed by atoms with Crippen LogP contribution in [0.25, 0.3) is 0 Å². The third-order valence-electron chi connectivity index (χ3n) is 2.99. The van der Waals surface area contributed by atoms with Crippen molar-refractivity contribution in [3.63, 3.8) is 0 Å². The summed E-state index contributed by atoms with van der Waals surface area (Å²) in [5.74, 6) is 0.792. The van der Waals surface area contributed by atoms with E-state index < -0.39 is 6.10 Å². The molecule has 0 amide bonds. The number of methoxy groups -OCH3 is 1. The average molecular weight is 243 g/mol. The van der Waals surface area contributed by atoms with Gasteiger partial charge in [-0.25, -0.2) is 0 Å². The highest BCUT2D eigenvalue weighted by Gasteiger charge is 2.14. The molecular formula is C15H17NO2. The summed E-state index contributed by atoms with van der Waals surface area (Å²) < 4.78 is 5.15. The molecule has 0 bridgehead atoms. The second-order valence-corrected chi connectivity index (χ2v) is 4.39. The number of pyridine rings is 1. The van der Waals surface area contributed by atoms with Gasteiger partial charge in [0.15, 0.2) is 0 Å². The summed E-state index contributed by atoms with van der Waals surface area (Å²) >= 11 is 0. The van der Waals surface area contributed by atoms with Crippen LogP contribution in [-0.4, -0.2) is 17.2 Å². The molecule has 3 nitrogen and oxygen atoms in total. The van der Waals surface area contributed by atoms with E-state index in [0.717, 1.165) is 22.4 Å². The Labute approximate surface area is 107 Å². The van der Waals surface area contributed by atoms with Gasteiger partial charge in [-0.05, 0) is 48.7 Å². The summed E-state index contributed by atoms with van der Waals surface area (Å²) in [6.07, 6.45) is 1.06. The van der Waals surface area contributed by atoms with Gasteiger partial charge in [-0.1, -0.05) is 12.1 Å². The minimum Gasteiger partial charge on any atom is -0.497 e. The lowest BCUT2D eigenvalue weighted by Gasteiger charge is -2.14. The summed E-state index contributed by atoms with van der Waals surface area (Å²) in [7, 11) is 1.63. The number of aryl methyl sites for hydroxylation is 2. The highest BCUT2D eigenvalue weighted by atomic mass is 16.5. The van der Waals surface area contributed by atoms with Crippen molar-refractivity contribution in [3.8, 4) is 5.75 Å². The normalized spacial score (nSPS) is 12.2. The summed E-state index contributed by atoms with van der Waals surface area (Å²) in [6.45, 7) is 3.93. The fraction of sp³-hybridized carbons (Fsp3) is 0.267. The molecule has 0 aliphatic heterocycles. The van der Waals surface area contributed by atoms with Crippen molar-refractivity contribution < 1.29 is 9.84 Å². The van der Waals surface area contributed by atoms with Gasteiger partial charge in [0.25, 0.3) is 0 Å². The molecule has 0 spiro atoms. The SMILES string of the molecule is COc1ccc(C(O)c2ccc(C)cn2)c(C)c1. The quantitative estimate of drug-likeness (QED) is 0.901. The van der Waals surface area contributed by atoms with E-state index in [1.807, 2.05) is 44.2 Å². The van der Waals surface area contributed by atoms with E-state index in [-0.39, 0.29) is 0 Å². The molecule has 0 saturated heterocycles. The van der Waals surface area contributed by atoms with Crippen LogP contribution >= 0.6 is 0 Å². The standard InChI is InChI=1S/C15H17NO2/c1-10-4-7-14(16-9-10)15(17)13-6-5-12(18-3)8-11(13)2/h4-9,15,17H,1-3H3. The van der Waals surface area contributed by atoms with Gasteiger partial charge >= 0.3 is 0 Å². The van der Waals surface area contributed by atoms with Gasteiger partial charge in [-0.15, -0.1) is 0 Å². The number of rotatable bonds is 3. The molecule has 3 heteroatoms. The van der Waals surface area contributed by atoms with Crippen LogP contribution in [0.2, 0.25) is 0 Å². The Morgan fingerprint density at radius 3 is 2.50 bits per heavy atom. The van der Waals surface area contributed by atoms with E-state index in [1.54, 1.807) is 13.3 Å². The zero-order chi connectivity index (χ0) is 13.1. The minimum atomic E-state index is -0.698. The van der Waals surface area contributed by atoms with Crippen molar-refractivity contribution in [2.75, 3.05) is 7.11 Å². The maximum atomic E-state index is 10.3. The van der Waals surface area contributed by atoms with Crippen LogP contribution in [0.1, 0.15) is 28.5 Å². The zero-order valence-electron chi connectivity index (χ0n) is 10.8.